The van der Waals surface area contributed by atoms with E-state index in [1.54, 1.807) is 0 Å². The summed E-state index contributed by atoms with van der Waals surface area (Å²) in [6.07, 6.45) is 16.2. The van der Waals surface area contributed by atoms with Crippen LogP contribution in [-0.2, 0) is 15.9 Å². The maximum absolute atomic E-state index is 5.84. The lowest BCUT2D eigenvalue weighted by Gasteiger charge is -2.18. The highest BCUT2D eigenvalue weighted by Crippen LogP contribution is 2.30. The van der Waals surface area contributed by atoms with E-state index in [1.165, 1.54) is 81.8 Å². The fourth-order valence-electron chi connectivity index (χ4n) is 4.88. The fraction of sp³-hybridized carbons (Fsp3) is 0.625. The Morgan fingerprint density at radius 2 is 1.33 bits per heavy atom. The Kier molecular flexibility index (Phi) is 11.5. The highest BCUT2D eigenvalue weighted by atomic mass is 16.6. The zero-order valence-corrected chi connectivity index (χ0v) is 22.3. The number of epoxide rings is 2. The molecule has 0 spiro atoms. The van der Waals surface area contributed by atoms with Crippen LogP contribution in [0.3, 0.4) is 0 Å². The number of rotatable bonds is 20. The van der Waals surface area contributed by atoms with Gasteiger partial charge in [-0.3, -0.25) is 0 Å². The summed E-state index contributed by atoms with van der Waals surface area (Å²) in [5.74, 6) is 2.61. The second-order valence-electron chi connectivity index (χ2n) is 10.6. The van der Waals surface area contributed by atoms with E-state index in [0.29, 0.717) is 31.3 Å². The molecular formula is C32H46O4. The zero-order chi connectivity index (χ0) is 24.8. The first-order valence-corrected chi connectivity index (χ1v) is 14.5. The molecule has 3 unspecified atom stereocenters. The molecule has 4 heteroatoms. The van der Waals surface area contributed by atoms with Crippen LogP contribution in [0.15, 0.2) is 48.5 Å². The van der Waals surface area contributed by atoms with Crippen LogP contribution in [0.2, 0.25) is 0 Å². The van der Waals surface area contributed by atoms with Crippen molar-refractivity contribution < 1.29 is 18.9 Å². The van der Waals surface area contributed by atoms with E-state index in [4.69, 9.17) is 18.9 Å². The molecule has 4 rings (SSSR count). The molecule has 0 N–H and O–H groups in total. The zero-order valence-electron chi connectivity index (χ0n) is 22.3. The van der Waals surface area contributed by atoms with Crippen molar-refractivity contribution in [2.75, 3.05) is 26.4 Å². The molecule has 0 amide bonds. The van der Waals surface area contributed by atoms with Crippen LogP contribution in [0.25, 0.3) is 0 Å². The summed E-state index contributed by atoms with van der Waals surface area (Å²) >= 11 is 0. The van der Waals surface area contributed by atoms with Gasteiger partial charge in [0.1, 0.15) is 36.9 Å². The highest BCUT2D eigenvalue weighted by Gasteiger charge is 2.23. The van der Waals surface area contributed by atoms with E-state index < -0.39 is 0 Å². The van der Waals surface area contributed by atoms with E-state index in [9.17, 15) is 0 Å². The normalized spacial score (nSPS) is 19.1. The van der Waals surface area contributed by atoms with Crippen molar-refractivity contribution in [3.8, 4) is 11.5 Å². The topological polar surface area (TPSA) is 43.5 Å². The van der Waals surface area contributed by atoms with Crippen molar-refractivity contribution in [3.05, 3.63) is 59.7 Å². The minimum absolute atomic E-state index is 0.308. The summed E-state index contributed by atoms with van der Waals surface area (Å²) < 4.78 is 22.1. The molecule has 2 aromatic carbocycles. The summed E-state index contributed by atoms with van der Waals surface area (Å²) in [7, 11) is 0. The van der Waals surface area contributed by atoms with Crippen molar-refractivity contribution in [3.63, 3.8) is 0 Å². The molecule has 0 bridgehead atoms. The van der Waals surface area contributed by atoms with Crippen LogP contribution in [-0.4, -0.2) is 38.6 Å². The molecule has 0 aromatic heterocycles. The Hall–Kier alpha value is -2.04. The molecule has 4 nitrogen and oxygen atoms in total. The van der Waals surface area contributed by atoms with Gasteiger partial charge in [-0.25, -0.2) is 0 Å². The summed E-state index contributed by atoms with van der Waals surface area (Å²) in [5, 5.41) is 0. The highest BCUT2D eigenvalue weighted by molar-refractivity contribution is 5.30. The van der Waals surface area contributed by atoms with Gasteiger partial charge in [0.05, 0.1) is 13.2 Å². The fourth-order valence-corrected chi connectivity index (χ4v) is 4.88. The number of ether oxygens (including phenoxy) is 4. The summed E-state index contributed by atoms with van der Waals surface area (Å²) in [6, 6.07) is 17.5. The molecule has 2 aromatic rings. The predicted octanol–water partition coefficient (Wildman–Crippen LogP) is 7.88. The van der Waals surface area contributed by atoms with Gasteiger partial charge in [0.15, 0.2) is 0 Å². The average Bonchev–Trinajstić information content (AvgIpc) is 3.83. The molecule has 2 fully saturated rings. The van der Waals surface area contributed by atoms with Crippen LogP contribution in [0.1, 0.15) is 94.6 Å². The number of benzene rings is 2. The quantitative estimate of drug-likeness (QED) is 0.139. The number of hydrogen-bond donors (Lipinski definition) is 0. The van der Waals surface area contributed by atoms with Gasteiger partial charge in [-0.1, -0.05) is 82.6 Å². The SMILES string of the molecule is CCCCCCC(CCCCCCCc1cccc(OCC2CO2)c1)c1ccc(OCC2CO2)cc1. The Bertz CT molecular complexity index is 857. The van der Waals surface area contributed by atoms with Crippen LogP contribution >= 0.6 is 0 Å². The Morgan fingerprint density at radius 3 is 2.00 bits per heavy atom. The molecule has 36 heavy (non-hydrogen) atoms. The lowest BCUT2D eigenvalue weighted by molar-refractivity contribution is 0.263. The Balaban J connectivity index is 1.12. The average molecular weight is 495 g/mol. The third-order valence-corrected chi connectivity index (χ3v) is 7.35. The minimum Gasteiger partial charge on any atom is -0.491 e. The van der Waals surface area contributed by atoms with Gasteiger partial charge in [-0.2, -0.15) is 0 Å². The van der Waals surface area contributed by atoms with Crippen LogP contribution in [0.4, 0.5) is 0 Å². The van der Waals surface area contributed by atoms with Crippen molar-refractivity contribution in [2.45, 2.75) is 102 Å². The Morgan fingerprint density at radius 1 is 0.722 bits per heavy atom. The number of unbranched alkanes of at least 4 members (excludes halogenated alkanes) is 7. The molecule has 0 radical (unpaired) electrons. The van der Waals surface area contributed by atoms with Gasteiger partial charge in [0.25, 0.3) is 0 Å². The summed E-state index contributed by atoms with van der Waals surface area (Å²) in [5.41, 5.74) is 2.87. The number of hydrogen-bond acceptors (Lipinski definition) is 4. The standard InChI is InChI=1S/C32H46O4/c1-2-3-4-9-14-27(28-17-19-29(20-18-28)33-22-31-24-35-31)15-10-7-5-6-8-12-26-13-11-16-30(21-26)34-23-32-25-36-32/h11,13,16-21,27,31-32H,2-10,12,14-15,22-25H2,1H3. The van der Waals surface area contributed by atoms with Gasteiger partial charge < -0.3 is 18.9 Å². The van der Waals surface area contributed by atoms with E-state index in [1.807, 2.05) is 6.07 Å². The first kappa shape index (κ1) is 27.0. The number of aryl methyl sites for hydroxylation is 1. The van der Waals surface area contributed by atoms with Gasteiger partial charge in [-0.05, 0) is 67.0 Å². The van der Waals surface area contributed by atoms with Crippen LogP contribution in [0.5, 0.6) is 11.5 Å². The smallest absolute Gasteiger partial charge is 0.119 e. The van der Waals surface area contributed by atoms with Gasteiger partial charge in [0.2, 0.25) is 0 Å². The monoisotopic (exact) mass is 494 g/mol. The molecule has 0 aliphatic carbocycles. The van der Waals surface area contributed by atoms with Crippen molar-refractivity contribution in [1.82, 2.24) is 0 Å². The molecule has 3 atom stereocenters. The first-order chi connectivity index (χ1) is 17.8. The first-order valence-electron chi connectivity index (χ1n) is 14.5. The molecule has 0 saturated carbocycles. The molecule has 2 saturated heterocycles. The Labute approximate surface area is 218 Å². The van der Waals surface area contributed by atoms with E-state index in [-0.39, 0.29) is 0 Å². The largest absolute Gasteiger partial charge is 0.491 e. The summed E-state index contributed by atoms with van der Waals surface area (Å²) in [4.78, 5) is 0. The molecule has 2 aliphatic rings. The molecule has 2 heterocycles. The lowest BCUT2D eigenvalue weighted by atomic mass is 9.88. The van der Waals surface area contributed by atoms with Crippen LogP contribution in [0, 0.1) is 0 Å². The van der Waals surface area contributed by atoms with Gasteiger partial charge in [-0.15, -0.1) is 0 Å². The second kappa shape index (κ2) is 15.3. The van der Waals surface area contributed by atoms with Crippen LogP contribution < -0.4 is 9.47 Å². The molecule has 198 valence electrons. The maximum Gasteiger partial charge on any atom is 0.119 e. The molecule has 2 aliphatic heterocycles. The maximum atomic E-state index is 5.84. The van der Waals surface area contributed by atoms with E-state index in [0.717, 1.165) is 31.1 Å². The molecular weight excluding hydrogens is 448 g/mol. The summed E-state index contributed by atoms with van der Waals surface area (Å²) in [6.45, 7) is 5.33. The van der Waals surface area contributed by atoms with Crippen molar-refractivity contribution >= 4 is 0 Å². The van der Waals surface area contributed by atoms with E-state index in [2.05, 4.69) is 49.4 Å². The van der Waals surface area contributed by atoms with E-state index >= 15 is 0 Å². The predicted molar refractivity (Wildman–Crippen MR) is 146 cm³/mol. The minimum atomic E-state index is 0.308. The van der Waals surface area contributed by atoms with Gasteiger partial charge in [0, 0.05) is 0 Å². The third-order valence-electron chi connectivity index (χ3n) is 7.35. The second-order valence-corrected chi connectivity index (χ2v) is 10.6. The van der Waals surface area contributed by atoms with Crippen molar-refractivity contribution in [1.29, 1.82) is 0 Å². The van der Waals surface area contributed by atoms with Gasteiger partial charge >= 0.3 is 0 Å². The van der Waals surface area contributed by atoms with Crippen molar-refractivity contribution in [2.24, 2.45) is 0 Å². The lowest BCUT2D eigenvalue weighted by Crippen LogP contribution is -2.04. The third kappa shape index (κ3) is 10.5.